The number of piperidine rings is 1. The molecule has 0 unspecified atom stereocenters. The fraction of sp³-hybridized carbons (Fsp3) is 0.500. The van der Waals surface area contributed by atoms with Crippen molar-refractivity contribution in [1.29, 1.82) is 0 Å². The topological polar surface area (TPSA) is 32.5 Å². The summed E-state index contributed by atoms with van der Waals surface area (Å²) in [6.07, 6.45) is 2.36. The standard InChI is InChI=1S/C14H20BrN3S/c1-17(2)11-5-7-18(8-6-11)13-4-3-10(15)9-12(13)14(16)19/h3-4,9,11H,5-8H2,1-2H3,(H2,16,19). The van der Waals surface area contributed by atoms with Gasteiger partial charge in [-0.1, -0.05) is 28.1 Å². The summed E-state index contributed by atoms with van der Waals surface area (Å²) < 4.78 is 1.02. The molecular weight excluding hydrogens is 322 g/mol. The van der Waals surface area contributed by atoms with Gasteiger partial charge in [0.15, 0.2) is 0 Å². The summed E-state index contributed by atoms with van der Waals surface area (Å²) in [6, 6.07) is 6.85. The second kappa shape index (κ2) is 6.20. The summed E-state index contributed by atoms with van der Waals surface area (Å²) in [6.45, 7) is 2.11. The van der Waals surface area contributed by atoms with Gasteiger partial charge in [-0.25, -0.2) is 0 Å². The van der Waals surface area contributed by atoms with E-state index < -0.39 is 0 Å². The summed E-state index contributed by atoms with van der Waals surface area (Å²) in [5.41, 5.74) is 7.97. The molecule has 0 bridgehead atoms. The van der Waals surface area contributed by atoms with Crippen molar-refractivity contribution in [2.24, 2.45) is 5.73 Å². The Kier molecular flexibility index (Phi) is 4.81. The first kappa shape index (κ1) is 14.8. The van der Waals surface area contributed by atoms with E-state index in [4.69, 9.17) is 18.0 Å². The zero-order valence-electron chi connectivity index (χ0n) is 11.4. The first-order valence-corrected chi connectivity index (χ1v) is 7.70. The third kappa shape index (κ3) is 3.46. The maximum Gasteiger partial charge on any atom is 0.106 e. The lowest BCUT2D eigenvalue weighted by molar-refractivity contribution is 0.249. The normalized spacial score (nSPS) is 16.9. The van der Waals surface area contributed by atoms with Crippen molar-refractivity contribution < 1.29 is 0 Å². The van der Waals surface area contributed by atoms with Crippen molar-refractivity contribution in [2.45, 2.75) is 18.9 Å². The van der Waals surface area contributed by atoms with Crippen LogP contribution in [0.3, 0.4) is 0 Å². The van der Waals surface area contributed by atoms with E-state index in [9.17, 15) is 0 Å². The smallest absolute Gasteiger partial charge is 0.106 e. The molecule has 0 atom stereocenters. The van der Waals surface area contributed by atoms with E-state index in [1.165, 1.54) is 12.8 Å². The van der Waals surface area contributed by atoms with E-state index in [0.29, 0.717) is 11.0 Å². The maximum atomic E-state index is 5.84. The molecule has 0 radical (unpaired) electrons. The Morgan fingerprint density at radius 3 is 2.53 bits per heavy atom. The zero-order chi connectivity index (χ0) is 14.0. The predicted octanol–water partition coefficient (Wildman–Crippen LogP) is 2.61. The fourth-order valence-electron chi connectivity index (χ4n) is 2.60. The molecule has 0 amide bonds. The zero-order valence-corrected chi connectivity index (χ0v) is 13.8. The molecule has 0 aromatic heterocycles. The fourth-order valence-corrected chi connectivity index (χ4v) is 3.13. The van der Waals surface area contributed by atoms with Crippen molar-refractivity contribution >= 4 is 38.8 Å². The number of hydrogen-bond acceptors (Lipinski definition) is 3. The van der Waals surface area contributed by atoms with E-state index >= 15 is 0 Å². The van der Waals surface area contributed by atoms with Gasteiger partial charge < -0.3 is 15.5 Å². The SMILES string of the molecule is CN(C)C1CCN(c2ccc(Br)cc2C(N)=S)CC1. The lowest BCUT2D eigenvalue weighted by Crippen LogP contribution is -2.42. The maximum absolute atomic E-state index is 5.84. The molecule has 0 saturated carbocycles. The Morgan fingerprint density at radius 1 is 1.37 bits per heavy atom. The average Bonchev–Trinajstić information content (AvgIpc) is 2.38. The van der Waals surface area contributed by atoms with E-state index in [-0.39, 0.29) is 0 Å². The Morgan fingerprint density at radius 2 is 2.00 bits per heavy atom. The quantitative estimate of drug-likeness (QED) is 0.856. The molecule has 104 valence electrons. The minimum Gasteiger partial charge on any atom is -0.389 e. The Bertz CT molecular complexity index is 468. The molecule has 0 aliphatic carbocycles. The molecule has 0 spiro atoms. The molecular formula is C14H20BrN3S. The molecule has 2 N–H and O–H groups in total. The van der Waals surface area contributed by atoms with Crippen molar-refractivity contribution in [2.75, 3.05) is 32.1 Å². The van der Waals surface area contributed by atoms with Crippen LogP contribution >= 0.6 is 28.1 Å². The molecule has 1 aromatic carbocycles. The molecule has 2 rings (SSSR count). The molecule has 1 aliphatic rings. The minimum absolute atomic E-state index is 0.464. The van der Waals surface area contributed by atoms with Gasteiger partial charge in [0.25, 0.3) is 0 Å². The van der Waals surface area contributed by atoms with Crippen LogP contribution in [0.1, 0.15) is 18.4 Å². The van der Waals surface area contributed by atoms with Gasteiger partial charge in [0.05, 0.1) is 0 Å². The molecule has 5 heteroatoms. The van der Waals surface area contributed by atoms with Gasteiger partial charge in [-0.15, -0.1) is 0 Å². The Balaban J connectivity index is 2.17. The van der Waals surface area contributed by atoms with Crippen LogP contribution in [0.4, 0.5) is 5.69 Å². The van der Waals surface area contributed by atoms with E-state index in [1.807, 2.05) is 6.07 Å². The lowest BCUT2D eigenvalue weighted by atomic mass is 10.0. The number of rotatable bonds is 3. The average molecular weight is 342 g/mol. The predicted molar refractivity (Wildman–Crippen MR) is 89.0 cm³/mol. The third-order valence-corrected chi connectivity index (χ3v) is 4.47. The highest BCUT2D eigenvalue weighted by Crippen LogP contribution is 2.28. The summed E-state index contributed by atoms with van der Waals surface area (Å²) in [7, 11) is 4.31. The van der Waals surface area contributed by atoms with E-state index in [1.54, 1.807) is 0 Å². The first-order valence-electron chi connectivity index (χ1n) is 6.50. The van der Waals surface area contributed by atoms with Crippen molar-refractivity contribution in [3.05, 3.63) is 28.2 Å². The Labute approximate surface area is 128 Å². The van der Waals surface area contributed by atoms with Gasteiger partial charge in [-0.2, -0.15) is 0 Å². The van der Waals surface area contributed by atoms with Gasteiger partial charge in [0, 0.05) is 34.9 Å². The number of nitrogens with two attached hydrogens (primary N) is 1. The molecule has 1 heterocycles. The minimum atomic E-state index is 0.464. The van der Waals surface area contributed by atoms with E-state index in [2.05, 4.69) is 52.0 Å². The number of nitrogens with zero attached hydrogens (tertiary/aromatic N) is 2. The second-order valence-electron chi connectivity index (χ2n) is 5.21. The molecule has 1 fully saturated rings. The highest BCUT2D eigenvalue weighted by Gasteiger charge is 2.22. The van der Waals surface area contributed by atoms with Crippen molar-refractivity contribution in [3.63, 3.8) is 0 Å². The number of hydrogen-bond donors (Lipinski definition) is 1. The van der Waals surface area contributed by atoms with Crippen molar-refractivity contribution in [1.82, 2.24) is 4.90 Å². The van der Waals surface area contributed by atoms with Gasteiger partial charge >= 0.3 is 0 Å². The number of anilines is 1. The monoisotopic (exact) mass is 341 g/mol. The molecule has 19 heavy (non-hydrogen) atoms. The second-order valence-corrected chi connectivity index (χ2v) is 6.56. The molecule has 1 aromatic rings. The van der Waals surface area contributed by atoms with E-state index in [0.717, 1.165) is 28.8 Å². The summed E-state index contributed by atoms with van der Waals surface area (Å²) in [5, 5.41) is 0. The van der Waals surface area contributed by atoms with Crippen LogP contribution in [0, 0.1) is 0 Å². The van der Waals surface area contributed by atoms with Gasteiger partial charge in [-0.05, 0) is 45.1 Å². The van der Waals surface area contributed by atoms with Crippen LogP contribution in [-0.4, -0.2) is 43.1 Å². The van der Waals surface area contributed by atoms with Gasteiger partial charge in [-0.3, -0.25) is 0 Å². The van der Waals surface area contributed by atoms with Crippen LogP contribution in [0.15, 0.2) is 22.7 Å². The van der Waals surface area contributed by atoms with Gasteiger partial charge in [0.1, 0.15) is 4.99 Å². The number of benzene rings is 1. The molecule has 1 aliphatic heterocycles. The van der Waals surface area contributed by atoms with Crippen LogP contribution < -0.4 is 10.6 Å². The van der Waals surface area contributed by atoms with Crippen LogP contribution in [0.25, 0.3) is 0 Å². The van der Waals surface area contributed by atoms with Crippen LogP contribution in [-0.2, 0) is 0 Å². The summed E-state index contributed by atoms with van der Waals surface area (Å²) >= 11 is 8.64. The van der Waals surface area contributed by atoms with Gasteiger partial charge in [0.2, 0.25) is 0 Å². The highest BCUT2D eigenvalue weighted by molar-refractivity contribution is 9.10. The largest absolute Gasteiger partial charge is 0.389 e. The summed E-state index contributed by atoms with van der Waals surface area (Å²) in [4.78, 5) is 5.17. The van der Waals surface area contributed by atoms with Crippen molar-refractivity contribution in [3.8, 4) is 0 Å². The molecule has 3 nitrogen and oxygen atoms in total. The molecule has 1 saturated heterocycles. The van der Waals surface area contributed by atoms with Crippen LogP contribution in [0.5, 0.6) is 0 Å². The number of halogens is 1. The lowest BCUT2D eigenvalue weighted by Gasteiger charge is -2.37. The number of thiocarbonyl (C=S) groups is 1. The highest BCUT2D eigenvalue weighted by atomic mass is 79.9. The summed E-state index contributed by atoms with van der Waals surface area (Å²) in [5.74, 6) is 0. The van der Waals surface area contributed by atoms with Crippen LogP contribution in [0.2, 0.25) is 0 Å². The third-order valence-electron chi connectivity index (χ3n) is 3.76. The first-order chi connectivity index (χ1) is 8.99. The Hall–Kier alpha value is -0.650.